The van der Waals surface area contributed by atoms with Crippen LogP contribution in [0.2, 0.25) is 0 Å². The van der Waals surface area contributed by atoms with Crippen molar-refractivity contribution in [2.75, 3.05) is 26.2 Å². The molecule has 1 heterocycles. The summed E-state index contributed by atoms with van der Waals surface area (Å²) in [5, 5.41) is 42.8. The number of aryl methyl sites for hydroxylation is 1. The number of hydrogen-bond donors (Lipinski definition) is 10. The normalized spacial score (nSPS) is 17.0. The van der Waals surface area contributed by atoms with Gasteiger partial charge >= 0.3 is 24.4 Å². The molecule has 10 N–H and O–H groups in total. The number of rotatable bonds is 19. The van der Waals surface area contributed by atoms with E-state index in [-0.39, 0.29) is 70.5 Å². The second kappa shape index (κ2) is 29.1. The molecule has 430 valence electrons. The van der Waals surface area contributed by atoms with Crippen LogP contribution in [-0.2, 0) is 51.0 Å². The number of alkyl carbamates (subject to hydrolysis) is 4. The first-order valence-electron chi connectivity index (χ1n) is 26.3. The van der Waals surface area contributed by atoms with Crippen molar-refractivity contribution in [2.24, 2.45) is 0 Å². The van der Waals surface area contributed by atoms with Gasteiger partial charge in [-0.1, -0.05) is 24.3 Å². The van der Waals surface area contributed by atoms with Crippen molar-refractivity contribution in [3.05, 3.63) is 53.1 Å². The zero-order valence-corrected chi connectivity index (χ0v) is 47.3. The molecular weight excluding hydrogens is 997 g/mol. The van der Waals surface area contributed by atoms with Gasteiger partial charge < -0.3 is 71.7 Å². The molecule has 0 saturated carbocycles. The summed E-state index contributed by atoms with van der Waals surface area (Å²) in [5.74, 6) is -3.09. The molecular formula is C55H86N8O14. The Hall–Kier alpha value is -6.84. The maximum Gasteiger partial charge on any atom is 0.408 e. The van der Waals surface area contributed by atoms with Gasteiger partial charge in [-0.15, -0.1) is 0 Å². The summed E-state index contributed by atoms with van der Waals surface area (Å²) in [5.41, 5.74) is -0.227. The lowest BCUT2D eigenvalue weighted by Crippen LogP contribution is -2.59. The number of hydrogen-bond acceptors (Lipinski definition) is 14. The molecule has 0 saturated heterocycles. The Morgan fingerprint density at radius 1 is 0.610 bits per heavy atom. The Morgan fingerprint density at radius 2 is 1.14 bits per heavy atom. The summed E-state index contributed by atoms with van der Waals surface area (Å²) < 4.78 is 21.5. The van der Waals surface area contributed by atoms with Crippen LogP contribution in [0.1, 0.15) is 145 Å². The van der Waals surface area contributed by atoms with Gasteiger partial charge in [-0.2, -0.15) is 0 Å². The summed E-state index contributed by atoms with van der Waals surface area (Å²) in [6.07, 6.45) is -1.70. The molecule has 0 aliphatic carbocycles. The molecule has 77 heavy (non-hydrogen) atoms. The number of carbonyl (C=O) groups is 8. The highest BCUT2D eigenvalue weighted by atomic mass is 16.6. The van der Waals surface area contributed by atoms with E-state index in [1.54, 1.807) is 95.2 Å². The molecule has 0 aromatic heterocycles. The van der Waals surface area contributed by atoms with Crippen molar-refractivity contribution in [2.45, 2.75) is 200 Å². The quantitative estimate of drug-likeness (QED) is 0.0606. The number of carbonyl (C=O) groups excluding carboxylic acids is 8. The van der Waals surface area contributed by atoms with Gasteiger partial charge in [-0.05, 0) is 175 Å². The number of fused-ring (bicyclic) bond motifs is 5. The van der Waals surface area contributed by atoms with Crippen LogP contribution in [0.5, 0.6) is 5.75 Å². The monoisotopic (exact) mass is 1080 g/mol. The number of amides is 8. The Kier molecular flexibility index (Phi) is 24.3. The number of nitrogens with one attached hydrogen (secondary N) is 8. The van der Waals surface area contributed by atoms with Crippen LogP contribution in [0, 0.1) is 6.92 Å². The highest BCUT2D eigenvalue weighted by molar-refractivity contribution is 5.95. The van der Waals surface area contributed by atoms with Gasteiger partial charge in [0, 0.05) is 32.5 Å². The van der Waals surface area contributed by atoms with Crippen LogP contribution in [0.25, 0.3) is 11.1 Å². The molecule has 0 radical (unpaired) electrons. The largest absolute Gasteiger partial charge is 0.508 e. The fraction of sp³-hybridized carbons (Fsp3) is 0.636. The van der Waals surface area contributed by atoms with Crippen LogP contribution >= 0.6 is 0 Å². The van der Waals surface area contributed by atoms with Crippen molar-refractivity contribution in [3.63, 3.8) is 0 Å². The van der Waals surface area contributed by atoms with Gasteiger partial charge in [0.2, 0.25) is 23.6 Å². The molecule has 3 rings (SSSR count). The lowest BCUT2D eigenvalue weighted by atomic mass is 9.93. The minimum atomic E-state index is -1.40. The standard InChI is InChI=1S/C55H86N8O14/c1-33-21-22-34-28-36(33)30-41(46(68)60-39(19-16-26-57-48(70)74-52(2,3)4)44(66)56-25-15-14-18-38(32-64)59-50(72)76-54(8,9)10)62-45(67)40(20-17-27-58-49(71)75-53(5,6)7)61-47(69)42(63-51(73)77-55(11,12)13)31-37-29-35(34)23-24-43(37)65/h21-24,28-29,38-42,64-65H,14-20,25-27,30-32H2,1-13H3,(H,56,66)(H,57,70)(H,58,71)(H,59,72)(H,60,68)(H,61,69)(H,62,67)(H,63,73)/t38-,39-,40-,41-,42-/m0/s1. The number of ether oxygens (including phenoxy) is 4. The summed E-state index contributed by atoms with van der Waals surface area (Å²) in [6, 6.07) is 4.45. The van der Waals surface area contributed by atoms with Crippen LogP contribution in [0.3, 0.4) is 0 Å². The first kappa shape index (κ1) is 64.4. The number of phenolic OH excluding ortho intramolecular Hbond substituents is 1. The molecule has 0 spiro atoms. The predicted octanol–water partition coefficient (Wildman–Crippen LogP) is 5.60. The number of benzene rings is 2. The second-order valence-corrected chi connectivity index (χ2v) is 23.2. The van der Waals surface area contributed by atoms with Crippen molar-refractivity contribution in [1.82, 2.24) is 42.5 Å². The molecule has 0 fully saturated rings. The topological polar surface area (TPSA) is 310 Å². The summed E-state index contributed by atoms with van der Waals surface area (Å²) in [4.78, 5) is 109. The maximum atomic E-state index is 14.8. The third-order valence-electron chi connectivity index (χ3n) is 11.4. The fourth-order valence-corrected chi connectivity index (χ4v) is 7.82. The van der Waals surface area contributed by atoms with Gasteiger partial charge in [-0.25, -0.2) is 19.2 Å². The Labute approximate surface area is 453 Å². The number of phenols is 1. The molecule has 2 aromatic rings. The molecule has 8 amide bonds. The van der Waals surface area contributed by atoms with Crippen molar-refractivity contribution in [3.8, 4) is 16.9 Å². The minimum Gasteiger partial charge on any atom is -0.508 e. The molecule has 5 atom stereocenters. The van der Waals surface area contributed by atoms with E-state index in [0.29, 0.717) is 41.5 Å². The van der Waals surface area contributed by atoms with Crippen molar-refractivity contribution in [1.29, 1.82) is 0 Å². The van der Waals surface area contributed by atoms with Gasteiger partial charge in [0.1, 0.15) is 52.3 Å². The zero-order valence-electron chi connectivity index (χ0n) is 47.3. The van der Waals surface area contributed by atoms with Crippen LogP contribution < -0.4 is 42.5 Å². The smallest absolute Gasteiger partial charge is 0.408 e. The number of aliphatic hydroxyl groups is 1. The van der Waals surface area contributed by atoms with E-state index in [4.69, 9.17) is 18.9 Å². The maximum absolute atomic E-state index is 14.8. The third kappa shape index (κ3) is 25.2. The first-order valence-corrected chi connectivity index (χ1v) is 26.3. The molecule has 22 nitrogen and oxygen atoms in total. The average molecular weight is 1080 g/mol. The van der Waals surface area contributed by atoms with E-state index in [0.717, 1.165) is 5.56 Å². The van der Waals surface area contributed by atoms with E-state index in [9.17, 15) is 48.6 Å². The minimum absolute atomic E-state index is 0.0231. The molecule has 1 aliphatic heterocycles. The van der Waals surface area contributed by atoms with Crippen molar-refractivity contribution >= 4 is 48.0 Å². The lowest BCUT2D eigenvalue weighted by Gasteiger charge is -2.27. The van der Waals surface area contributed by atoms with Gasteiger partial charge in [0.15, 0.2) is 0 Å². The molecule has 4 bridgehead atoms. The van der Waals surface area contributed by atoms with Gasteiger partial charge in [0.25, 0.3) is 0 Å². The SMILES string of the molecule is Cc1ccc2cc1C[C@@H](C(=O)N[C@@H](CCCNC(=O)OC(C)(C)C)C(=O)NCCCC[C@@H](CO)NC(=O)OC(C)(C)C)NC(=O)[C@H](CCCNC(=O)OC(C)(C)C)NC(=O)[C@@H](NC(=O)OC(C)(C)C)Cc1cc-2ccc1O. The Bertz CT molecular complexity index is 2350. The molecule has 2 aromatic carbocycles. The van der Waals surface area contributed by atoms with Gasteiger partial charge in [-0.3, -0.25) is 19.2 Å². The van der Waals surface area contributed by atoms with E-state index in [1.165, 1.54) is 6.07 Å². The highest BCUT2D eigenvalue weighted by Crippen LogP contribution is 2.29. The Balaban J connectivity index is 2.04. The number of aromatic hydroxyl groups is 1. The molecule has 0 unspecified atom stereocenters. The predicted molar refractivity (Wildman–Crippen MR) is 289 cm³/mol. The van der Waals surface area contributed by atoms with Crippen LogP contribution in [-0.4, -0.2) is 137 Å². The first-order chi connectivity index (χ1) is 35.7. The van der Waals surface area contributed by atoms with Crippen molar-refractivity contribution < 1.29 is 67.5 Å². The van der Waals surface area contributed by atoms with E-state index in [1.807, 2.05) is 25.1 Å². The van der Waals surface area contributed by atoms with Crippen LogP contribution in [0.15, 0.2) is 36.4 Å². The van der Waals surface area contributed by atoms with E-state index in [2.05, 4.69) is 42.5 Å². The van der Waals surface area contributed by atoms with E-state index < -0.39 is 101 Å². The molecule has 22 heteroatoms. The van der Waals surface area contributed by atoms with E-state index >= 15 is 0 Å². The summed E-state index contributed by atoms with van der Waals surface area (Å²) in [6.45, 7) is 22.2. The molecule has 1 aliphatic rings. The average Bonchev–Trinajstić information content (AvgIpc) is 3.28. The lowest BCUT2D eigenvalue weighted by molar-refractivity contribution is -0.134. The third-order valence-corrected chi connectivity index (χ3v) is 11.4. The zero-order chi connectivity index (χ0) is 57.9. The number of aliphatic hydroxyl groups excluding tert-OH is 1. The highest BCUT2D eigenvalue weighted by Gasteiger charge is 2.34. The van der Waals surface area contributed by atoms with Gasteiger partial charge in [0.05, 0.1) is 12.6 Å². The number of unbranched alkanes of at least 4 members (excludes halogenated alkanes) is 1. The fourth-order valence-electron chi connectivity index (χ4n) is 7.82. The van der Waals surface area contributed by atoms with Crippen LogP contribution in [0.4, 0.5) is 19.2 Å². The summed E-state index contributed by atoms with van der Waals surface area (Å²) >= 11 is 0. The Morgan fingerprint density at radius 3 is 1.73 bits per heavy atom. The summed E-state index contributed by atoms with van der Waals surface area (Å²) in [7, 11) is 0. The second-order valence-electron chi connectivity index (χ2n) is 23.2.